The Hall–Kier alpha value is -0.570. The van der Waals surface area contributed by atoms with Crippen molar-refractivity contribution >= 4 is 5.91 Å². The number of carbonyl (C=O) groups excluding carboxylic acids is 1. The molecule has 1 N–H and O–H groups in total. The smallest absolute Gasteiger partial charge is 0.225 e. The summed E-state index contributed by atoms with van der Waals surface area (Å²) in [6, 6.07) is 0. The molecule has 0 radical (unpaired) electrons. The van der Waals surface area contributed by atoms with E-state index in [0.717, 1.165) is 19.6 Å². The molecule has 100 valence electrons. The molecule has 0 spiro atoms. The standard InChI is InChI=1S/C14H27NO2/c1-14(2,3)13(16)15-10-7-11-17-12-8-5-4-6-9-12/h12H,4-11H2,1-3H3,(H,15,16). The van der Waals surface area contributed by atoms with Crippen LogP contribution >= 0.6 is 0 Å². The molecule has 3 heteroatoms. The lowest BCUT2D eigenvalue weighted by Crippen LogP contribution is -2.35. The molecular formula is C14H27NO2. The summed E-state index contributed by atoms with van der Waals surface area (Å²) in [5.74, 6) is 0.121. The fraction of sp³-hybridized carbons (Fsp3) is 0.929. The van der Waals surface area contributed by atoms with Crippen molar-refractivity contribution in [1.82, 2.24) is 5.32 Å². The molecule has 17 heavy (non-hydrogen) atoms. The quantitative estimate of drug-likeness (QED) is 0.752. The van der Waals surface area contributed by atoms with Gasteiger partial charge >= 0.3 is 0 Å². The monoisotopic (exact) mass is 241 g/mol. The van der Waals surface area contributed by atoms with Gasteiger partial charge in [-0.15, -0.1) is 0 Å². The minimum absolute atomic E-state index is 0.121. The Morgan fingerprint density at radius 1 is 1.24 bits per heavy atom. The van der Waals surface area contributed by atoms with Crippen molar-refractivity contribution in [3.8, 4) is 0 Å². The molecule has 0 heterocycles. The van der Waals surface area contributed by atoms with Gasteiger partial charge in [0.05, 0.1) is 6.10 Å². The maximum atomic E-state index is 11.6. The van der Waals surface area contributed by atoms with Crippen LogP contribution in [0.5, 0.6) is 0 Å². The molecule has 0 atom stereocenters. The van der Waals surface area contributed by atoms with Crippen LogP contribution < -0.4 is 5.32 Å². The van der Waals surface area contributed by atoms with Crippen LogP contribution in [0.2, 0.25) is 0 Å². The van der Waals surface area contributed by atoms with Crippen LogP contribution in [0.3, 0.4) is 0 Å². The van der Waals surface area contributed by atoms with Crippen LogP contribution in [-0.2, 0) is 9.53 Å². The van der Waals surface area contributed by atoms with E-state index in [9.17, 15) is 4.79 Å². The predicted molar refractivity (Wildman–Crippen MR) is 69.9 cm³/mol. The molecule has 0 unspecified atom stereocenters. The molecule has 0 saturated heterocycles. The summed E-state index contributed by atoms with van der Waals surface area (Å²) < 4.78 is 5.80. The van der Waals surface area contributed by atoms with Gasteiger partial charge in [0.1, 0.15) is 0 Å². The highest BCUT2D eigenvalue weighted by Crippen LogP contribution is 2.20. The number of nitrogens with one attached hydrogen (secondary N) is 1. The van der Waals surface area contributed by atoms with Crippen molar-refractivity contribution in [1.29, 1.82) is 0 Å². The second kappa shape index (κ2) is 7.00. The molecule has 1 saturated carbocycles. The van der Waals surface area contributed by atoms with E-state index in [-0.39, 0.29) is 11.3 Å². The third kappa shape index (κ3) is 6.06. The van der Waals surface area contributed by atoms with E-state index in [4.69, 9.17) is 4.74 Å². The first kappa shape index (κ1) is 14.5. The Labute approximate surface area is 105 Å². The lowest BCUT2D eigenvalue weighted by molar-refractivity contribution is -0.128. The molecule has 1 rings (SSSR count). The van der Waals surface area contributed by atoms with Crippen LogP contribution in [0, 0.1) is 5.41 Å². The first-order chi connectivity index (χ1) is 8.00. The van der Waals surface area contributed by atoms with Crippen LogP contribution in [0.15, 0.2) is 0 Å². The van der Waals surface area contributed by atoms with Crippen molar-refractivity contribution in [3.05, 3.63) is 0 Å². The van der Waals surface area contributed by atoms with Crippen molar-refractivity contribution in [3.63, 3.8) is 0 Å². The van der Waals surface area contributed by atoms with E-state index in [2.05, 4.69) is 5.32 Å². The SMILES string of the molecule is CC(C)(C)C(=O)NCCCOC1CCCCC1. The lowest BCUT2D eigenvalue weighted by atomic mass is 9.96. The molecule has 3 nitrogen and oxygen atoms in total. The van der Waals surface area contributed by atoms with Crippen molar-refractivity contribution < 1.29 is 9.53 Å². The molecule has 1 amide bonds. The van der Waals surface area contributed by atoms with Crippen molar-refractivity contribution in [2.45, 2.75) is 65.4 Å². The van der Waals surface area contributed by atoms with Crippen LogP contribution in [-0.4, -0.2) is 25.2 Å². The highest BCUT2D eigenvalue weighted by Gasteiger charge is 2.20. The normalized spacial score (nSPS) is 18.1. The average Bonchev–Trinajstić information content (AvgIpc) is 2.28. The fourth-order valence-electron chi connectivity index (χ4n) is 2.02. The minimum atomic E-state index is -0.287. The molecule has 0 aliphatic heterocycles. The van der Waals surface area contributed by atoms with Gasteiger partial charge in [0.15, 0.2) is 0 Å². The van der Waals surface area contributed by atoms with E-state index in [1.807, 2.05) is 20.8 Å². The Kier molecular flexibility index (Phi) is 5.96. The van der Waals surface area contributed by atoms with Crippen molar-refractivity contribution in [2.75, 3.05) is 13.2 Å². The minimum Gasteiger partial charge on any atom is -0.378 e. The number of ether oxygens (including phenoxy) is 1. The molecular weight excluding hydrogens is 214 g/mol. The second-order valence-electron chi connectivity index (χ2n) is 5.99. The van der Waals surface area contributed by atoms with Gasteiger partial charge in [-0.2, -0.15) is 0 Å². The maximum Gasteiger partial charge on any atom is 0.225 e. The molecule has 0 aromatic rings. The van der Waals surface area contributed by atoms with Gasteiger partial charge in [0.2, 0.25) is 5.91 Å². The summed E-state index contributed by atoms with van der Waals surface area (Å²) in [6.07, 6.45) is 7.81. The Morgan fingerprint density at radius 2 is 1.88 bits per heavy atom. The van der Waals surface area contributed by atoms with Gasteiger partial charge in [-0.05, 0) is 19.3 Å². The van der Waals surface area contributed by atoms with Crippen LogP contribution in [0.1, 0.15) is 59.3 Å². The lowest BCUT2D eigenvalue weighted by Gasteiger charge is -2.22. The fourth-order valence-corrected chi connectivity index (χ4v) is 2.02. The van der Waals surface area contributed by atoms with Gasteiger partial charge in [-0.3, -0.25) is 4.79 Å². The number of rotatable bonds is 5. The highest BCUT2D eigenvalue weighted by molar-refractivity contribution is 5.81. The molecule has 1 fully saturated rings. The number of carbonyl (C=O) groups is 1. The highest BCUT2D eigenvalue weighted by atomic mass is 16.5. The summed E-state index contributed by atoms with van der Waals surface area (Å²) in [5.41, 5.74) is -0.287. The van der Waals surface area contributed by atoms with Gasteiger partial charge in [-0.1, -0.05) is 40.0 Å². The van der Waals surface area contributed by atoms with Gasteiger partial charge in [0, 0.05) is 18.6 Å². The van der Waals surface area contributed by atoms with Crippen molar-refractivity contribution in [2.24, 2.45) is 5.41 Å². The Balaban J connectivity index is 1.99. The largest absolute Gasteiger partial charge is 0.378 e. The zero-order valence-electron chi connectivity index (χ0n) is 11.6. The molecule has 0 aromatic heterocycles. The summed E-state index contributed by atoms with van der Waals surface area (Å²) in [6.45, 7) is 7.29. The summed E-state index contributed by atoms with van der Waals surface area (Å²) >= 11 is 0. The first-order valence-corrected chi connectivity index (χ1v) is 6.90. The zero-order valence-corrected chi connectivity index (χ0v) is 11.6. The van der Waals surface area contributed by atoms with Gasteiger partial charge in [-0.25, -0.2) is 0 Å². The summed E-state index contributed by atoms with van der Waals surface area (Å²) in [5, 5.41) is 2.94. The van der Waals surface area contributed by atoms with Crippen LogP contribution in [0.25, 0.3) is 0 Å². The number of hydrogen-bond acceptors (Lipinski definition) is 2. The number of amides is 1. The van der Waals surface area contributed by atoms with E-state index in [0.29, 0.717) is 6.10 Å². The summed E-state index contributed by atoms with van der Waals surface area (Å²) in [4.78, 5) is 11.6. The third-order valence-corrected chi connectivity index (χ3v) is 3.19. The Bertz CT molecular complexity index is 227. The van der Waals surface area contributed by atoms with E-state index < -0.39 is 0 Å². The third-order valence-electron chi connectivity index (χ3n) is 3.19. The van der Waals surface area contributed by atoms with E-state index >= 15 is 0 Å². The summed E-state index contributed by atoms with van der Waals surface area (Å²) in [7, 11) is 0. The number of hydrogen-bond donors (Lipinski definition) is 1. The first-order valence-electron chi connectivity index (χ1n) is 6.90. The molecule has 1 aliphatic carbocycles. The van der Waals surface area contributed by atoms with Crippen LogP contribution in [0.4, 0.5) is 0 Å². The molecule has 1 aliphatic rings. The van der Waals surface area contributed by atoms with Gasteiger partial charge < -0.3 is 10.1 Å². The van der Waals surface area contributed by atoms with E-state index in [1.54, 1.807) is 0 Å². The van der Waals surface area contributed by atoms with Gasteiger partial charge in [0.25, 0.3) is 0 Å². The average molecular weight is 241 g/mol. The topological polar surface area (TPSA) is 38.3 Å². The molecule has 0 bridgehead atoms. The second-order valence-corrected chi connectivity index (χ2v) is 5.99. The van der Waals surface area contributed by atoms with E-state index in [1.165, 1.54) is 32.1 Å². The Morgan fingerprint density at radius 3 is 2.47 bits per heavy atom. The zero-order chi connectivity index (χ0) is 12.7. The molecule has 0 aromatic carbocycles. The predicted octanol–water partition coefficient (Wildman–Crippen LogP) is 2.89. The maximum absolute atomic E-state index is 11.6.